The van der Waals surface area contributed by atoms with Crippen molar-refractivity contribution >= 4 is 40.9 Å². The van der Waals surface area contributed by atoms with Crippen molar-refractivity contribution in [2.75, 3.05) is 27.7 Å². The zero-order chi connectivity index (χ0) is 39.4. The van der Waals surface area contributed by atoms with E-state index in [2.05, 4.69) is 15.2 Å². The van der Waals surface area contributed by atoms with E-state index in [4.69, 9.17) is 9.47 Å². The fraction of sp³-hybridized carbons (Fsp3) is 0.659. The Morgan fingerprint density at radius 3 is 2.30 bits per heavy atom. The van der Waals surface area contributed by atoms with Gasteiger partial charge in [-0.15, -0.1) is 11.3 Å². The van der Waals surface area contributed by atoms with Crippen molar-refractivity contribution in [1.82, 2.24) is 20.1 Å². The molecule has 13 heteroatoms. The standard InChI is InChI=1S/C40H60N4O8S.CH4/c1-10-25(4)31(21-35(46)33-13-11-12-18-43(33)7)39(48)44(8)34(24(2)3)22-36(52-27(6)45)38-42-32(23-53-38)37(47)41-29(19-26(5)40(49)50)20-28-14-16-30(51-9)17-15-28;/h14-17,23-26,29,31,33-34,36H,10-13,18-22H2,1-9H3,(H,41,47)(H,49,50);1H4/t25-,26-,29+,31?,33?,34+,36+;/m0./s1. The Labute approximate surface area is 326 Å². The van der Waals surface area contributed by atoms with Gasteiger partial charge in [0.2, 0.25) is 5.91 Å². The summed E-state index contributed by atoms with van der Waals surface area (Å²) in [4.78, 5) is 73.8. The number of Topliss-reactive ketones (excluding diaryl/α,β-unsaturated/α-hetero) is 1. The third-order valence-corrected chi connectivity index (χ3v) is 11.6. The zero-order valence-corrected chi connectivity index (χ0v) is 33.7. The third kappa shape index (κ3) is 13.2. The fourth-order valence-corrected chi connectivity index (χ4v) is 7.98. The van der Waals surface area contributed by atoms with E-state index in [0.29, 0.717) is 17.2 Å². The Bertz CT molecular complexity index is 1530. The second kappa shape index (κ2) is 21.9. The summed E-state index contributed by atoms with van der Waals surface area (Å²) in [6.45, 7) is 11.8. The van der Waals surface area contributed by atoms with E-state index >= 15 is 0 Å². The molecule has 54 heavy (non-hydrogen) atoms. The number of likely N-dealkylation sites (N-methyl/N-ethyl adjacent to an activating group) is 1. The number of carbonyl (C=O) groups excluding carboxylic acids is 4. The van der Waals surface area contributed by atoms with Crippen LogP contribution in [0.25, 0.3) is 0 Å². The molecule has 1 aromatic carbocycles. The molecule has 0 saturated carbocycles. The molecule has 2 amide bonds. The minimum atomic E-state index is -0.957. The van der Waals surface area contributed by atoms with Crippen molar-refractivity contribution in [3.8, 4) is 5.75 Å². The number of esters is 1. The highest BCUT2D eigenvalue weighted by atomic mass is 32.1. The number of nitrogens with zero attached hydrogens (tertiary/aromatic N) is 3. The summed E-state index contributed by atoms with van der Waals surface area (Å²) in [6, 6.07) is 6.35. The maximum Gasteiger partial charge on any atom is 0.306 e. The van der Waals surface area contributed by atoms with Gasteiger partial charge in [-0.3, -0.25) is 28.9 Å². The minimum absolute atomic E-state index is 0. The second-order valence-corrected chi connectivity index (χ2v) is 15.9. The number of aliphatic carboxylic acids is 1. The zero-order valence-electron chi connectivity index (χ0n) is 32.9. The van der Waals surface area contributed by atoms with Crippen molar-refractivity contribution in [2.24, 2.45) is 23.7 Å². The highest BCUT2D eigenvalue weighted by Crippen LogP contribution is 2.33. The van der Waals surface area contributed by atoms with Gasteiger partial charge in [0, 0.05) is 50.2 Å². The molecule has 2 N–H and O–H groups in total. The summed E-state index contributed by atoms with van der Waals surface area (Å²) in [7, 11) is 5.31. The number of ether oxygens (including phenoxy) is 2. The molecule has 0 bridgehead atoms. The van der Waals surface area contributed by atoms with Crippen LogP contribution in [0.15, 0.2) is 29.6 Å². The van der Waals surface area contributed by atoms with Crippen molar-refractivity contribution < 1.29 is 38.6 Å². The van der Waals surface area contributed by atoms with Gasteiger partial charge < -0.3 is 24.8 Å². The number of hydrogen-bond acceptors (Lipinski definition) is 10. The molecule has 2 heterocycles. The SMILES string of the molecule is C.CC[C@H](C)C(CC(=O)C1CCCCN1C)C(=O)N(C)[C@H](C[C@@H](OC(C)=O)c1nc(C(=O)N[C@@H](Cc2ccc(OC)cc2)C[C@H](C)C(=O)O)cs1)C(C)C. The molecule has 0 aliphatic carbocycles. The predicted molar refractivity (Wildman–Crippen MR) is 212 cm³/mol. The van der Waals surface area contributed by atoms with Crippen molar-refractivity contribution in [1.29, 1.82) is 0 Å². The first-order valence-corrected chi connectivity index (χ1v) is 19.7. The van der Waals surface area contributed by atoms with Gasteiger partial charge in [-0.1, -0.05) is 67.0 Å². The highest BCUT2D eigenvalue weighted by Gasteiger charge is 2.37. The number of thiazole rings is 1. The van der Waals surface area contributed by atoms with Crippen molar-refractivity contribution in [2.45, 2.75) is 125 Å². The Kier molecular flexibility index (Phi) is 18.8. The molecule has 1 fully saturated rings. The van der Waals surface area contributed by atoms with E-state index in [-0.39, 0.29) is 68.0 Å². The quantitative estimate of drug-likeness (QED) is 0.137. The van der Waals surface area contributed by atoms with E-state index in [9.17, 15) is 29.1 Å². The smallest absolute Gasteiger partial charge is 0.306 e. The number of carbonyl (C=O) groups is 5. The number of carboxylic acid groups (broad SMARTS) is 1. The lowest BCUT2D eigenvalue weighted by molar-refractivity contribution is -0.149. The molecule has 0 radical (unpaired) electrons. The Hall–Kier alpha value is -3.84. The molecule has 1 saturated heterocycles. The number of benzene rings is 1. The number of ketones is 1. The monoisotopic (exact) mass is 772 g/mol. The number of piperidine rings is 1. The number of nitrogens with one attached hydrogen (secondary N) is 1. The molecule has 302 valence electrons. The summed E-state index contributed by atoms with van der Waals surface area (Å²) in [5.41, 5.74) is 1.03. The highest BCUT2D eigenvalue weighted by molar-refractivity contribution is 7.09. The first-order chi connectivity index (χ1) is 25.1. The number of likely N-dealkylation sites (tertiary alicyclic amines) is 1. The summed E-state index contributed by atoms with van der Waals surface area (Å²) in [5.74, 6) is -2.47. The van der Waals surface area contributed by atoms with Crippen LogP contribution in [-0.4, -0.2) is 95.3 Å². The van der Waals surface area contributed by atoms with Gasteiger partial charge in [-0.2, -0.15) is 0 Å². The average Bonchev–Trinajstić information content (AvgIpc) is 3.62. The van der Waals surface area contributed by atoms with E-state index < -0.39 is 41.8 Å². The molecule has 1 aromatic heterocycles. The van der Waals surface area contributed by atoms with E-state index in [1.807, 2.05) is 59.0 Å². The van der Waals surface area contributed by atoms with Crippen LogP contribution >= 0.6 is 11.3 Å². The van der Waals surface area contributed by atoms with Gasteiger partial charge >= 0.3 is 11.9 Å². The van der Waals surface area contributed by atoms with Crippen LogP contribution in [0.1, 0.15) is 121 Å². The van der Waals surface area contributed by atoms with Crippen LogP contribution in [0.3, 0.4) is 0 Å². The molecular weight excluding hydrogens is 709 g/mol. The van der Waals surface area contributed by atoms with Gasteiger partial charge in [0.15, 0.2) is 11.9 Å². The largest absolute Gasteiger partial charge is 0.497 e. The number of rotatable bonds is 20. The van der Waals surface area contributed by atoms with E-state index in [1.54, 1.807) is 31.4 Å². The molecule has 1 aliphatic rings. The molecular formula is C41H64N4O8S. The summed E-state index contributed by atoms with van der Waals surface area (Å²) in [5, 5.41) is 14.6. The van der Waals surface area contributed by atoms with Crippen LogP contribution in [0.4, 0.5) is 0 Å². The Morgan fingerprint density at radius 1 is 1.07 bits per heavy atom. The Balaban J connectivity index is 0.0000101. The van der Waals surface area contributed by atoms with Gasteiger partial charge in [0.1, 0.15) is 16.5 Å². The number of carboxylic acids is 1. The first kappa shape index (κ1) is 46.3. The summed E-state index contributed by atoms with van der Waals surface area (Å²) < 4.78 is 11.0. The van der Waals surface area contributed by atoms with Crippen LogP contribution in [0.2, 0.25) is 0 Å². The van der Waals surface area contributed by atoms with Gasteiger partial charge in [0.25, 0.3) is 5.91 Å². The van der Waals surface area contributed by atoms with E-state index in [0.717, 1.165) is 37.8 Å². The lowest BCUT2D eigenvalue weighted by Gasteiger charge is -2.37. The number of amides is 2. The molecule has 1 aliphatic heterocycles. The van der Waals surface area contributed by atoms with Crippen LogP contribution < -0.4 is 10.1 Å². The van der Waals surface area contributed by atoms with Crippen LogP contribution in [0.5, 0.6) is 5.75 Å². The molecule has 7 atom stereocenters. The third-order valence-electron chi connectivity index (χ3n) is 10.7. The van der Waals surface area contributed by atoms with Crippen LogP contribution in [0, 0.1) is 23.7 Å². The number of aromatic nitrogens is 1. The normalized spacial score (nSPS) is 17.9. The first-order valence-electron chi connectivity index (χ1n) is 18.8. The molecule has 0 spiro atoms. The summed E-state index contributed by atoms with van der Waals surface area (Å²) in [6.07, 6.45) is 3.84. The number of hydrogen-bond donors (Lipinski definition) is 2. The predicted octanol–water partition coefficient (Wildman–Crippen LogP) is 6.82. The lowest BCUT2D eigenvalue weighted by Crippen LogP contribution is -2.48. The fourth-order valence-electron chi connectivity index (χ4n) is 7.14. The summed E-state index contributed by atoms with van der Waals surface area (Å²) >= 11 is 1.19. The van der Waals surface area contributed by atoms with Gasteiger partial charge in [-0.25, -0.2) is 4.98 Å². The topological polar surface area (TPSA) is 155 Å². The molecule has 2 aromatic rings. The van der Waals surface area contributed by atoms with Crippen molar-refractivity contribution in [3.05, 3.63) is 45.9 Å². The van der Waals surface area contributed by atoms with Gasteiger partial charge in [0.05, 0.1) is 19.1 Å². The minimum Gasteiger partial charge on any atom is -0.497 e. The van der Waals surface area contributed by atoms with E-state index in [1.165, 1.54) is 18.3 Å². The Morgan fingerprint density at radius 2 is 1.74 bits per heavy atom. The second-order valence-electron chi connectivity index (χ2n) is 15.0. The van der Waals surface area contributed by atoms with Crippen molar-refractivity contribution in [3.63, 3.8) is 0 Å². The maximum atomic E-state index is 14.3. The molecule has 12 nitrogen and oxygen atoms in total. The van der Waals surface area contributed by atoms with Gasteiger partial charge in [-0.05, 0) is 68.8 Å². The maximum absolute atomic E-state index is 14.3. The lowest BCUT2D eigenvalue weighted by atomic mass is 9.83. The molecule has 2 unspecified atom stereocenters. The average molecular weight is 773 g/mol. The van der Waals surface area contributed by atoms with Crippen LogP contribution in [-0.2, 0) is 30.3 Å². The number of methoxy groups -OCH3 is 1. The molecule has 3 rings (SSSR count).